The maximum Gasteiger partial charge on any atom is 0.374 e. The quantitative estimate of drug-likeness (QED) is 0.108. The fourth-order valence-electron chi connectivity index (χ4n) is 14.6. The molecule has 6 heterocycles. The van der Waals surface area contributed by atoms with E-state index < -0.39 is 0 Å². The first-order chi connectivity index (χ1) is 53.7. The molecule has 550 valence electrons. The lowest BCUT2D eigenvalue weighted by Gasteiger charge is -2.12. The van der Waals surface area contributed by atoms with E-state index in [4.69, 9.17) is 23.0 Å². The number of aromatic nitrogens is 3. The molecule has 3 aromatic heterocycles. The van der Waals surface area contributed by atoms with Gasteiger partial charge >= 0.3 is 11.8 Å². The van der Waals surface area contributed by atoms with E-state index in [0.717, 1.165) is 116 Å². The molecule has 0 radical (unpaired) electrons. The SMILES string of the molecule is CCC(=C/c1oc2cc3ccccc3cc2[n+]1C)/C=C1/Oc2cc3ccccc3cc2N1C.CCC(=C/c1oc2cc3ccccc3cc2[n+]1C)/C=C1/Oc2cc3ccccc3cc2N1C.CCC(=C/c1sc2ccc(-c3ccccc3)cc2[n+]1C)/C=C1/Oc2ccc(-c3ccccc3)cc2N1C.CC[NH+](CC)CC. The highest BCUT2D eigenvalue weighted by atomic mass is 32.1. The molecule has 0 saturated heterocycles. The minimum Gasteiger partial charge on any atom is -0.439 e. The molecule has 13 heteroatoms. The lowest BCUT2D eigenvalue weighted by Crippen LogP contribution is -3.11. The summed E-state index contributed by atoms with van der Waals surface area (Å²) < 4.78 is 39.1. The molecule has 0 spiro atoms. The Morgan fingerprint density at radius 3 is 1.11 bits per heavy atom. The highest BCUT2D eigenvalue weighted by molar-refractivity contribution is 7.18. The predicted octanol–water partition coefficient (Wildman–Crippen LogP) is 21.6. The van der Waals surface area contributed by atoms with Gasteiger partial charge < -0.3 is 42.6 Å². The van der Waals surface area contributed by atoms with Gasteiger partial charge in [-0.05, 0) is 177 Å². The van der Waals surface area contributed by atoms with Gasteiger partial charge in [-0.3, -0.25) is 0 Å². The van der Waals surface area contributed by atoms with Crippen molar-refractivity contribution in [2.24, 2.45) is 21.1 Å². The zero-order valence-corrected chi connectivity index (χ0v) is 65.8. The fourth-order valence-corrected chi connectivity index (χ4v) is 15.7. The number of ether oxygens (including phenoxy) is 3. The fraction of sp³-hybridized carbons (Fsp3) is 0.186. The highest BCUT2D eigenvalue weighted by Crippen LogP contribution is 2.45. The number of nitrogens with zero attached hydrogens (tertiary/aromatic N) is 6. The monoisotopic (exact) mass is 1470 g/mol. The molecule has 3 aliphatic heterocycles. The van der Waals surface area contributed by atoms with Gasteiger partial charge in [0.2, 0.25) is 34.3 Å². The lowest BCUT2D eigenvalue weighted by molar-refractivity contribution is -0.894. The molecule has 3 aliphatic rings. The molecule has 0 unspecified atom stereocenters. The number of hydrogen-bond donors (Lipinski definition) is 1. The van der Waals surface area contributed by atoms with Crippen molar-refractivity contribution in [2.45, 2.75) is 60.8 Å². The minimum absolute atomic E-state index is 0.818. The van der Waals surface area contributed by atoms with Gasteiger partial charge in [-0.1, -0.05) is 202 Å². The van der Waals surface area contributed by atoms with E-state index in [-0.39, 0.29) is 0 Å². The minimum atomic E-state index is 0.818. The highest BCUT2D eigenvalue weighted by Gasteiger charge is 2.29. The second-order valence-electron chi connectivity index (χ2n) is 28.2. The van der Waals surface area contributed by atoms with Crippen LogP contribution in [0, 0.1) is 0 Å². The van der Waals surface area contributed by atoms with Gasteiger partial charge in [0.25, 0.3) is 16.0 Å². The van der Waals surface area contributed by atoms with Crippen molar-refractivity contribution in [3.05, 3.63) is 312 Å². The summed E-state index contributed by atoms with van der Waals surface area (Å²) in [7, 11) is 12.4. The number of allylic oxidation sites excluding steroid dienone is 6. The van der Waals surface area contributed by atoms with Crippen LogP contribution in [0.3, 0.4) is 0 Å². The van der Waals surface area contributed by atoms with Crippen LogP contribution in [-0.2, 0) is 21.1 Å². The van der Waals surface area contributed by atoms with Crippen LogP contribution in [-0.4, -0.2) is 40.8 Å². The molecule has 1 N–H and O–H groups in total. The zero-order chi connectivity index (χ0) is 76.1. The van der Waals surface area contributed by atoms with Gasteiger partial charge in [-0.2, -0.15) is 13.7 Å². The Hall–Kier alpha value is -12.3. The number of benzene rings is 12. The molecule has 0 fully saturated rings. The maximum atomic E-state index is 6.28. The first kappa shape index (κ1) is 73.2. The van der Waals surface area contributed by atoms with Crippen molar-refractivity contribution >= 4 is 122 Å². The van der Waals surface area contributed by atoms with Crippen LogP contribution in [0.2, 0.25) is 0 Å². The summed E-state index contributed by atoms with van der Waals surface area (Å²) in [6, 6.07) is 84.8. The van der Waals surface area contributed by atoms with E-state index in [9.17, 15) is 0 Å². The summed E-state index contributed by atoms with van der Waals surface area (Å²) in [5.74, 6) is 6.79. The maximum absolute atomic E-state index is 6.28. The van der Waals surface area contributed by atoms with E-state index in [1.807, 2.05) is 45.6 Å². The van der Waals surface area contributed by atoms with Crippen molar-refractivity contribution in [2.75, 3.05) is 55.5 Å². The predicted molar refractivity (Wildman–Crippen MR) is 457 cm³/mol. The van der Waals surface area contributed by atoms with E-state index in [1.54, 1.807) is 4.90 Å². The van der Waals surface area contributed by atoms with Crippen molar-refractivity contribution < 1.29 is 41.6 Å². The molecule has 0 saturated carbocycles. The van der Waals surface area contributed by atoms with Crippen molar-refractivity contribution in [3.8, 4) is 39.5 Å². The second kappa shape index (κ2) is 32.3. The average Bonchev–Trinajstić information content (AvgIpc) is 1.63. The second-order valence-corrected chi connectivity index (χ2v) is 29.3. The van der Waals surface area contributed by atoms with Crippen LogP contribution in [0.25, 0.3) is 116 Å². The van der Waals surface area contributed by atoms with Gasteiger partial charge in [-0.25, -0.2) is 0 Å². The van der Waals surface area contributed by atoms with Crippen LogP contribution in [0.4, 0.5) is 17.1 Å². The number of fused-ring (bicyclic) bond motifs is 10. The first-order valence-corrected chi connectivity index (χ1v) is 39.2. The summed E-state index contributed by atoms with van der Waals surface area (Å²) in [5, 5.41) is 10.8. The van der Waals surface area contributed by atoms with Crippen molar-refractivity contribution in [1.29, 1.82) is 0 Å². The topological polar surface area (TPSA) is 79.8 Å². The van der Waals surface area contributed by atoms with Gasteiger partial charge in [0.15, 0.2) is 17.2 Å². The number of quaternary nitrogens is 1. The van der Waals surface area contributed by atoms with Crippen molar-refractivity contribution in [3.63, 3.8) is 0 Å². The Balaban J connectivity index is 0.000000126. The van der Waals surface area contributed by atoms with Gasteiger partial charge in [0.1, 0.15) is 25.8 Å². The molecule has 0 atom stereocenters. The molecule has 15 aromatic rings. The number of rotatable bonds is 14. The standard InChI is InChI=1S/C33H29N2OS.2C29H25N2O2.C6H15N/c1-4-23(19-32-34(2)28-21-26(15-17-30(28)36-32)24-11-7-5-8-12-24)20-33-35(3)29-22-27(16-18-31(29)37-33)25-13-9-6-10-14-25;2*1-4-19(13-28-30(2)24-15-20-9-5-7-11-22(20)17-26(24)32-28)14-29-31(3)25-16-21-10-6-8-12-23(21)18-27(25)33-29;1-4-7(5-2)6-3/h5-22H,4H2,1-3H3;2*5-18H,4H2,1-3H3;4-6H2,1-3H3/q3*+1;/p+1. The Kier molecular flexibility index (Phi) is 21.5. The molecule has 12 aromatic carbocycles. The van der Waals surface area contributed by atoms with Crippen LogP contribution >= 0.6 is 11.3 Å². The van der Waals surface area contributed by atoms with Crippen molar-refractivity contribution in [1.82, 2.24) is 0 Å². The summed E-state index contributed by atoms with van der Waals surface area (Å²) in [5.41, 5.74) is 16.8. The Morgan fingerprint density at radius 1 is 0.345 bits per heavy atom. The molecular weight excluding hydrogens is 1380 g/mol. The van der Waals surface area contributed by atoms with Gasteiger partial charge in [-0.15, -0.1) is 0 Å². The Bertz CT molecular complexity index is 5900. The van der Waals surface area contributed by atoms with Crippen LogP contribution in [0.5, 0.6) is 17.2 Å². The molecule has 0 bridgehead atoms. The number of oxazole rings is 2. The zero-order valence-electron chi connectivity index (χ0n) is 64.9. The third-order valence-corrected chi connectivity index (χ3v) is 22.6. The number of hydrogen-bond acceptors (Lipinski definition) is 9. The van der Waals surface area contributed by atoms with Crippen LogP contribution in [0.1, 0.15) is 77.6 Å². The summed E-state index contributed by atoms with van der Waals surface area (Å²) in [4.78, 5) is 8.04. The molecule has 110 heavy (non-hydrogen) atoms. The Labute approximate surface area is 648 Å². The van der Waals surface area contributed by atoms with E-state index in [2.05, 4.69) is 357 Å². The smallest absolute Gasteiger partial charge is 0.374 e. The largest absolute Gasteiger partial charge is 0.439 e. The first-order valence-electron chi connectivity index (χ1n) is 38.4. The average molecular weight is 1470 g/mol. The van der Waals surface area contributed by atoms with Crippen LogP contribution in [0.15, 0.2) is 304 Å². The molecule has 0 amide bonds. The number of nitrogens with one attached hydrogen (secondary N) is 1. The van der Waals surface area contributed by atoms with Crippen LogP contribution < -0.4 is 47.5 Å². The van der Waals surface area contributed by atoms with Gasteiger partial charge in [0.05, 0.1) is 48.8 Å². The molecule has 0 aliphatic carbocycles. The third-order valence-electron chi connectivity index (χ3n) is 21.5. The number of aryl methyl sites for hydroxylation is 3. The Morgan fingerprint density at radius 2 is 0.700 bits per heavy atom. The number of anilines is 3. The molecule has 18 rings (SSSR count). The summed E-state index contributed by atoms with van der Waals surface area (Å²) in [6.07, 6.45) is 15.5. The summed E-state index contributed by atoms with van der Waals surface area (Å²) >= 11 is 1.82. The third kappa shape index (κ3) is 15.2. The lowest BCUT2D eigenvalue weighted by atomic mass is 10.0. The molecule has 12 nitrogen and oxygen atoms in total. The van der Waals surface area contributed by atoms with E-state index in [1.165, 1.54) is 106 Å². The molecular formula is C97H95N7O5S+4. The van der Waals surface area contributed by atoms with E-state index >= 15 is 0 Å². The normalized spacial score (nSPS) is 14.5. The van der Waals surface area contributed by atoms with Gasteiger partial charge in [0, 0.05) is 63.6 Å². The summed E-state index contributed by atoms with van der Waals surface area (Å²) in [6.45, 7) is 17.0. The van der Waals surface area contributed by atoms with E-state index in [0.29, 0.717) is 0 Å². The number of thiazole rings is 1.